The van der Waals surface area contributed by atoms with Crippen molar-refractivity contribution in [2.45, 2.75) is 26.3 Å². The van der Waals surface area contributed by atoms with Gasteiger partial charge in [0.2, 0.25) is 0 Å². The minimum absolute atomic E-state index is 0.274. The molecule has 17 heavy (non-hydrogen) atoms. The van der Waals surface area contributed by atoms with E-state index in [0.717, 1.165) is 16.9 Å². The first-order valence-electron chi connectivity index (χ1n) is 5.50. The minimum Gasteiger partial charge on any atom is -0.398 e. The highest BCUT2D eigenvalue weighted by Crippen LogP contribution is 2.23. The molecule has 2 aromatic heterocycles. The molecule has 0 unspecified atom stereocenters. The minimum atomic E-state index is 0.274. The van der Waals surface area contributed by atoms with Gasteiger partial charge in [-0.2, -0.15) is 5.10 Å². The third-order valence-corrected chi connectivity index (χ3v) is 2.95. The van der Waals surface area contributed by atoms with Gasteiger partial charge in [0, 0.05) is 30.5 Å². The number of halogens is 1. The second-order valence-corrected chi connectivity index (χ2v) is 4.64. The van der Waals surface area contributed by atoms with E-state index in [2.05, 4.69) is 23.9 Å². The fourth-order valence-corrected chi connectivity index (χ4v) is 1.94. The van der Waals surface area contributed by atoms with Crippen LogP contribution in [0.25, 0.3) is 0 Å². The number of nitrogen functional groups attached to an aromatic ring is 1. The lowest BCUT2D eigenvalue weighted by Crippen LogP contribution is -2.09. The average molecular weight is 251 g/mol. The van der Waals surface area contributed by atoms with Crippen molar-refractivity contribution in [3.8, 4) is 0 Å². The Morgan fingerprint density at radius 2 is 2.18 bits per heavy atom. The summed E-state index contributed by atoms with van der Waals surface area (Å²) in [5.74, 6) is 0. The molecule has 0 atom stereocenters. The highest BCUT2D eigenvalue weighted by atomic mass is 35.5. The van der Waals surface area contributed by atoms with Gasteiger partial charge in [-0.25, -0.2) is 0 Å². The normalized spacial score (nSPS) is 11.1. The maximum atomic E-state index is 6.15. The summed E-state index contributed by atoms with van der Waals surface area (Å²) in [4.78, 5) is 4.08. The summed E-state index contributed by atoms with van der Waals surface area (Å²) < 4.78 is 1.91. The van der Waals surface area contributed by atoms with Gasteiger partial charge in [-0.05, 0) is 25.5 Å². The number of hydrogen-bond acceptors (Lipinski definition) is 3. The van der Waals surface area contributed by atoms with Crippen molar-refractivity contribution >= 4 is 17.3 Å². The van der Waals surface area contributed by atoms with Crippen LogP contribution in [0.4, 0.5) is 5.69 Å². The molecule has 0 amide bonds. The third-order valence-electron chi connectivity index (χ3n) is 2.64. The van der Waals surface area contributed by atoms with Crippen molar-refractivity contribution in [1.29, 1.82) is 0 Å². The van der Waals surface area contributed by atoms with E-state index >= 15 is 0 Å². The number of aromatic nitrogens is 3. The van der Waals surface area contributed by atoms with Crippen LogP contribution in [0.3, 0.4) is 0 Å². The molecule has 0 aromatic carbocycles. The predicted molar refractivity (Wildman–Crippen MR) is 69.1 cm³/mol. The highest BCUT2D eigenvalue weighted by molar-refractivity contribution is 6.31. The zero-order chi connectivity index (χ0) is 12.4. The zero-order valence-corrected chi connectivity index (χ0v) is 10.6. The molecule has 0 fully saturated rings. The van der Waals surface area contributed by atoms with Crippen LogP contribution in [0.15, 0.2) is 24.7 Å². The number of nitrogens with zero attached hydrogens (tertiary/aromatic N) is 3. The molecule has 0 aliphatic heterocycles. The van der Waals surface area contributed by atoms with Gasteiger partial charge in [-0.1, -0.05) is 11.6 Å². The van der Waals surface area contributed by atoms with Crippen molar-refractivity contribution in [2.24, 2.45) is 0 Å². The molecular formula is C12H15ClN4. The van der Waals surface area contributed by atoms with Gasteiger partial charge in [0.25, 0.3) is 0 Å². The number of anilines is 1. The van der Waals surface area contributed by atoms with Gasteiger partial charge in [0.05, 0.1) is 16.9 Å². The third kappa shape index (κ3) is 2.42. The van der Waals surface area contributed by atoms with Crippen molar-refractivity contribution in [2.75, 3.05) is 5.73 Å². The van der Waals surface area contributed by atoms with Crippen LogP contribution in [0, 0.1) is 0 Å². The summed E-state index contributed by atoms with van der Waals surface area (Å²) in [6, 6.07) is 2.06. The lowest BCUT2D eigenvalue weighted by molar-refractivity contribution is 0.514. The van der Waals surface area contributed by atoms with Crippen LogP contribution in [-0.2, 0) is 6.42 Å². The van der Waals surface area contributed by atoms with Crippen LogP contribution in [-0.4, -0.2) is 14.8 Å². The van der Waals surface area contributed by atoms with E-state index < -0.39 is 0 Å². The first-order chi connectivity index (χ1) is 8.09. The van der Waals surface area contributed by atoms with Crippen molar-refractivity contribution in [3.05, 3.63) is 40.9 Å². The second kappa shape index (κ2) is 4.75. The number of nitrogens with two attached hydrogens (primary N) is 1. The number of pyridine rings is 1. The van der Waals surface area contributed by atoms with Crippen molar-refractivity contribution in [3.63, 3.8) is 0 Å². The van der Waals surface area contributed by atoms with Crippen LogP contribution < -0.4 is 5.73 Å². The Morgan fingerprint density at radius 1 is 1.41 bits per heavy atom. The monoisotopic (exact) mass is 250 g/mol. The van der Waals surface area contributed by atoms with Crippen LogP contribution >= 0.6 is 11.6 Å². The molecule has 2 rings (SSSR count). The van der Waals surface area contributed by atoms with E-state index in [1.54, 1.807) is 24.7 Å². The molecule has 0 radical (unpaired) electrons. The lowest BCUT2D eigenvalue weighted by Gasteiger charge is -2.12. The molecular weight excluding hydrogens is 236 g/mol. The molecule has 90 valence electrons. The summed E-state index contributed by atoms with van der Waals surface area (Å²) in [7, 11) is 0. The molecule has 2 N–H and O–H groups in total. The van der Waals surface area contributed by atoms with E-state index in [1.165, 1.54) is 0 Å². The van der Waals surface area contributed by atoms with Crippen LogP contribution in [0.2, 0.25) is 5.02 Å². The summed E-state index contributed by atoms with van der Waals surface area (Å²) >= 11 is 6.15. The standard InChI is InChI=1S/C12H15ClN4/c1-8(2)17-12(10(13)7-16-17)5-9-6-15-4-3-11(9)14/h3-4,6-8H,5H2,1-2H3,(H2,14,15). The molecule has 2 aromatic rings. The molecule has 0 bridgehead atoms. The average Bonchev–Trinajstić information content (AvgIpc) is 2.64. The summed E-state index contributed by atoms with van der Waals surface area (Å²) in [5, 5.41) is 4.93. The SMILES string of the molecule is CC(C)n1ncc(Cl)c1Cc1cnccc1N. The molecule has 5 heteroatoms. The molecule has 4 nitrogen and oxygen atoms in total. The quantitative estimate of drug-likeness (QED) is 0.911. The molecule has 2 heterocycles. The van der Waals surface area contributed by atoms with Gasteiger partial charge < -0.3 is 5.73 Å². The van der Waals surface area contributed by atoms with Gasteiger partial charge in [0.1, 0.15) is 0 Å². The predicted octanol–water partition coefficient (Wildman–Crippen LogP) is 2.69. The Morgan fingerprint density at radius 3 is 2.82 bits per heavy atom. The fourth-order valence-electron chi connectivity index (χ4n) is 1.74. The first-order valence-corrected chi connectivity index (χ1v) is 5.87. The summed E-state index contributed by atoms with van der Waals surface area (Å²) in [6.45, 7) is 4.14. The van der Waals surface area contributed by atoms with E-state index in [-0.39, 0.29) is 6.04 Å². The van der Waals surface area contributed by atoms with Gasteiger partial charge in [0.15, 0.2) is 0 Å². The van der Waals surface area contributed by atoms with Gasteiger partial charge in [-0.15, -0.1) is 0 Å². The Balaban J connectivity index is 2.36. The molecule has 0 saturated heterocycles. The molecule has 0 aliphatic carbocycles. The summed E-state index contributed by atoms with van der Waals surface area (Å²) in [6.07, 6.45) is 5.77. The van der Waals surface area contributed by atoms with Gasteiger partial charge in [-0.3, -0.25) is 9.67 Å². The van der Waals surface area contributed by atoms with E-state index in [4.69, 9.17) is 17.3 Å². The Labute approximate surface area is 105 Å². The fraction of sp³-hybridized carbons (Fsp3) is 0.333. The van der Waals surface area contributed by atoms with Gasteiger partial charge >= 0.3 is 0 Å². The second-order valence-electron chi connectivity index (χ2n) is 4.23. The van der Waals surface area contributed by atoms with E-state index in [0.29, 0.717) is 11.4 Å². The lowest BCUT2D eigenvalue weighted by atomic mass is 10.1. The maximum Gasteiger partial charge on any atom is 0.0821 e. The molecule has 0 spiro atoms. The van der Waals surface area contributed by atoms with Crippen molar-refractivity contribution in [1.82, 2.24) is 14.8 Å². The van der Waals surface area contributed by atoms with E-state index in [9.17, 15) is 0 Å². The first kappa shape index (κ1) is 11.9. The summed E-state index contributed by atoms with van der Waals surface area (Å²) in [5.41, 5.74) is 8.57. The maximum absolute atomic E-state index is 6.15. The number of rotatable bonds is 3. The van der Waals surface area contributed by atoms with Crippen LogP contribution in [0.1, 0.15) is 31.1 Å². The molecule has 0 aliphatic rings. The topological polar surface area (TPSA) is 56.7 Å². The Bertz CT molecular complexity index is 519. The zero-order valence-electron chi connectivity index (χ0n) is 9.89. The molecule has 0 saturated carbocycles. The smallest absolute Gasteiger partial charge is 0.0821 e. The number of hydrogen-bond donors (Lipinski definition) is 1. The Kier molecular flexibility index (Phi) is 3.33. The van der Waals surface area contributed by atoms with Crippen molar-refractivity contribution < 1.29 is 0 Å². The Hall–Kier alpha value is -1.55. The highest BCUT2D eigenvalue weighted by Gasteiger charge is 2.13. The van der Waals surface area contributed by atoms with Crippen LogP contribution in [0.5, 0.6) is 0 Å². The largest absolute Gasteiger partial charge is 0.398 e. The van der Waals surface area contributed by atoms with E-state index in [1.807, 2.05) is 4.68 Å².